The van der Waals surface area contributed by atoms with Crippen LogP contribution in [0, 0.1) is 6.92 Å². The van der Waals surface area contributed by atoms with E-state index in [1.165, 1.54) is 11.8 Å². The minimum Gasteiger partial charge on any atom is -0.350 e. The third-order valence-corrected chi connectivity index (χ3v) is 6.53. The maximum atomic E-state index is 13.4. The molecule has 0 saturated heterocycles. The van der Waals surface area contributed by atoms with E-state index < -0.39 is 0 Å². The van der Waals surface area contributed by atoms with Gasteiger partial charge in [0.2, 0.25) is 5.91 Å². The summed E-state index contributed by atoms with van der Waals surface area (Å²) in [6.07, 6.45) is 0. The molecular formula is C28H28N4O3S. The van der Waals surface area contributed by atoms with Crippen molar-refractivity contribution in [3.63, 3.8) is 0 Å². The Labute approximate surface area is 214 Å². The Morgan fingerprint density at radius 2 is 1.67 bits per heavy atom. The molecule has 0 aliphatic heterocycles. The normalized spacial score (nSPS) is 11.0. The monoisotopic (exact) mass is 500 g/mol. The summed E-state index contributed by atoms with van der Waals surface area (Å²) in [5.41, 5.74) is 3.54. The molecule has 4 rings (SSSR count). The Balaban J connectivity index is 1.58. The van der Waals surface area contributed by atoms with Crippen LogP contribution in [0.15, 0.2) is 82.7 Å². The fourth-order valence-corrected chi connectivity index (χ4v) is 4.51. The molecule has 7 nitrogen and oxygen atoms in total. The van der Waals surface area contributed by atoms with Gasteiger partial charge in [0.25, 0.3) is 11.5 Å². The molecule has 0 aliphatic carbocycles. The van der Waals surface area contributed by atoms with Gasteiger partial charge in [-0.2, -0.15) is 0 Å². The van der Waals surface area contributed by atoms with Gasteiger partial charge in [0.15, 0.2) is 5.16 Å². The maximum Gasteiger partial charge on any atom is 0.262 e. The minimum atomic E-state index is -0.177. The van der Waals surface area contributed by atoms with Crippen LogP contribution in [0.1, 0.15) is 35.3 Å². The molecule has 1 aromatic heterocycles. The van der Waals surface area contributed by atoms with E-state index in [1.807, 2.05) is 63.2 Å². The van der Waals surface area contributed by atoms with Crippen molar-refractivity contribution in [1.29, 1.82) is 0 Å². The maximum absolute atomic E-state index is 13.4. The predicted molar refractivity (Wildman–Crippen MR) is 145 cm³/mol. The summed E-state index contributed by atoms with van der Waals surface area (Å²) >= 11 is 1.22. The van der Waals surface area contributed by atoms with E-state index in [0.29, 0.717) is 21.6 Å². The van der Waals surface area contributed by atoms with Gasteiger partial charge in [0.1, 0.15) is 0 Å². The highest BCUT2D eigenvalue weighted by Crippen LogP contribution is 2.20. The van der Waals surface area contributed by atoms with Gasteiger partial charge in [-0.25, -0.2) is 4.98 Å². The number of rotatable bonds is 8. The molecule has 1 heterocycles. The number of para-hydroxylation sites is 2. The van der Waals surface area contributed by atoms with Crippen LogP contribution < -0.4 is 16.2 Å². The van der Waals surface area contributed by atoms with Gasteiger partial charge in [0.05, 0.1) is 23.2 Å². The van der Waals surface area contributed by atoms with Crippen LogP contribution in [-0.4, -0.2) is 33.2 Å². The fraction of sp³-hybridized carbons (Fsp3) is 0.214. The summed E-state index contributed by atoms with van der Waals surface area (Å²) in [7, 11) is 0. The van der Waals surface area contributed by atoms with Crippen molar-refractivity contribution in [3.8, 4) is 0 Å². The average Bonchev–Trinajstić information content (AvgIpc) is 2.86. The van der Waals surface area contributed by atoms with Crippen molar-refractivity contribution < 1.29 is 9.59 Å². The molecular weight excluding hydrogens is 472 g/mol. The molecule has 0 atom stereocenters. The molecule has 0 bridgehead atoms. The number of anilines is 1. The molecule has 0 radical (unpaired) electrons. The predicted octanol–water partition coefficient (Wildman–Crippen LogP) is 4.62. The van der Waals surface area contributed by atoms with Gasteiger partial charge in [-0.1, -0.05) is 54.2 Å². The quantitative estimate of drug-likeness (QED) is 0.272. The standard InChI is InChI=1S/C28H28N4O3S/c1-18(2)29-26(34)21-14-12-20(13-15-21)16-32-27(35)22-9-5-7-11-24(22)31-28(32)36-17-25(33)30-23-10-6-4-8-19(23)3/h4-15,18H,16-17H2,1-3H3,(H,29,34)(H,30,33). The number of nitrogens with zero attached hydrogens (tertiary/aromatic N) is 2. The van der Waals surface area contributed by atoms with Gasteiger partial charge < -0.3 is 10.6 Å². The zero-order valence-corrected chi connectivity index (χ0v) is 21.3. The highest BCUT2D eigenvalue weighted by Gasteiger charge is 2.15. The number of hydrogen-bond donors (Lipinski definition) is 2. The molecule has 0 fully saturated rings. The summed E-state index contributed by atoms with van der Waals surface area (Å²) in [6, 6.07) is 21.9. The lowest BCUT2D eigenvalue weighted by atomic mass is 10.1. The molecule has 0 aliphatic rings. The van der Waals surface area contributed by atoms with E-state index in [2.05, 4.69) is 15.6 Å². The highest BCUT2D eigenvalue weighted by molar-refractivity contribution is 7.99. The first-order valence-corrected chi connectivity index (χ1v) is 12.7. The number of thioether (sulfide) groups is 1. The van der Waals surface area contributed by atoms with Gasteiger partial charge >= 0.3 is 0 Å². The molecule has 0 spiro atoms. The molecule has 4 aromatic rings. The molecule has 3 aromatic carbocycles. The molecule has 8 heteroatoms. The van der Waals surface area contributed by atoms with E-state index in [4.69, 9.17) is 0 Å². The first kappa shape index (κ1) is 25.2. The van der Waals surface area contributed by atoms with Crippen LogP contribution in [-0.2, 0) is 11.3 Å². The minimum absolute atomic E-state index is 0.0435. The lowest BCUT2D eigenvalue weighted by Gasteiger charge is -2.14. The SMILES string of the molecule is Cc1ccccc1NC(=O)CSc1nc2ccccc2c(=O)n1Cc1ccc(C(=O)NC(C)C)cc1. The van der Waals surface area contributed by atoms with E-state index in [1.54, 1.807) is 34.9 Å². The van der Waals surface area contributed by atoms with Crippen molar-refractivity contribution in [2.75, 3.05) is 11.1 Å². The summed E-state index contributed by atoms with van der Waals surface area (Å²) in [6.45, 7) is 6.02. The number of aromatic nitrogens is 2. The number of carbonyl (C=O) groups is 2. The van der Waals surface area contributed by atoms with Crippen molar-refractivity contribution in [2.45, 2.75) is 38.5 Å². The largest absolute Gasteiger partial charge is 0.350 e. The number of carbonyl (C=O) groups excluding carboxylic acids is 2. The zero-order valence-electron chi connectivity index (χ0n) is 20.4. The van der Waals surface area contributed by atoms with Crippen molar-refractivity contribution in [1.82, 2.24) is 14.9 Å². The lowest BCUT2D eigenvalue weighted by molar-refractivity contribution is -0.113. The smallest absolute Gasteiger partial charge is 0.262 e. The topological polar surface area (TPSA) is 93.1 Å². The first-order chi connectivity index (χ1) is 17.3. The average molecular weight is 501 g/mol. The second kappa shape index (κ2) is 11.2. The second-order valence-corrected chi connectivity index (χ2v) is 9.72. The van der Waals surface area contributed by atoms with E-state index in [0.717, 1.165) is 16.8 Å². The summed E-state index contributed by atoms with van der Waals surface area (Å²) in [5, 5.41) is 6.76. The number of fused-ring (bicyclic) bond motifs is 1. The van der Waals surface area contributed by atoms with Gasteiger partial charge in [-0.15, -0.1) is 0 Å². The summed E-state index contributed by atoms with van der Waals surface area (Å²) in [5.74, 6) is -0.214. The zero-order chi connectivity index (χ0) is 25.7. The van der Waals surface area contributed by atoms with Gasteiger partial charge in [-0.05, 0) is 62.2 Å². The number of benzene rings is 3. The van der Waals surface area contributed by atoms with Gasteiger partial charge in [0, 0.05) is 17.3 Å². The second-order valence-electron chi connectivity index (χ2n) is 8.78. The Hall–Kier alpha value is -3.91. The molecule has 0 unspecified atom stereocenters. The van der Waals surface area contributed by atoms with Crippen LogP contribution in [0.5, 0.6) is 0 Å². The van der Waals surface area contributed by atoms with E-state index in [9.17, 15) is 14.4 Å². The number of hydrogen-bond acceptors (Lipinski definition) is 5. The Morgan fingerprint density at radius 1 is 0.972 bits per heavy atom. The number of nitrogens with one attached hydrogen (secondary N) is 2. The number of amides is 2. The summed E-state index contributed by atoms with van der Waals surface area (Å²) < 4.78 is 1.58. The Bertz CT molecular complexity index is 1460. The van der Waals surface area contributed by atoms with Crippen LogP contribution in [0.3, 0.4) is 0 Å². The third-order valence-electron chi connectivity index (χ3n) is 5.55. The molecule has 36 heavy (non-hydrogen) atoms. The number of aryl methyl sites for hydroxylation is 1. The van der Waals surface area contributed by atoms with E-state index in [-0.39, 0.29) is 35.7 Å². The molecule has 2 amide bonds. The van der Waals surface area contributed by atoms with Crippen LogP contribution in [0.4, 0.5) is 5.69 Å². The Morgan fingerprint density at radius 3 is 2.39 bits per heavy atom. The summed E-state index contributed by atoms with van der Waals surface area (Å²) in [4.78, 5) is 43.0. The molecule has 0 saturated carbocycles. The molecule has 184 valence electrons. The van der Waals surface area contributed by atoms with Crippen molar-refractivity contribution in [2.24, 2.45) is 0 Å². The van der Waals surface area contributed by atoms with Crippen molar-refractivity contribution in [3.05, 3.63) is 99.8 Å². The van der Waals surface area contributed by atoms with Crippen LogP contribution in [0.2, 0.25) is 0 Å². The van der Waals surface area contributed by atoms with Crippen LogP contribution in [0.25, 0.3) is 10.9 Å². The lowest BCUT2D eigenvalue weighted by Crippen LogP contribution is -2.30. The fourth-order valence-electron chi connectivity index (χ4n) is 3.72. The van der Waals surface area contributed by atoms with Gasteiger partial charge in [-0.3, -0.25) is 19.0 Å². The van der Waals surface area contributed by atoms with Crippen LogP contribution >= 0.6 is 11.8 Å². The van der Waals surface area contributed by atoms with Crippen molar-refractivity contribution >= 4 is 40.2 Å². The Kier molecular flexibility index (Phi) is 7.85. The van der Waals surface area contributed by atoms with E-state index >= 15 is 0 Å². The highest BCUT2D eigenvalue weighted by atomic mass is 32.2. The third kappa shape index (κ3) is 6.01. The first-order valence-electron chi connectivity index (χ1n) is 11.7. The molecule has 2 N–H and O–H groups in total.